The number of nitro benzene ring substituents is 1. The van der Waals surface area contributed by atoms with Crippen molar-refractivity contribution in [3.05, 3.63) is 33.9 Å². The first kappa shape index (κ1) is 14.3. The molecule has 5 heteroatoms. The molecule has 4 nitrogen and oxygen atoms in total. The second-order valence-corrected chi connectivity index (χ2v) is 6.48. The van der Waals surface area contributed by atoms with Gasteiger partial charge in [0.05, 0.1) is 4.92 Å². The van der Waals surface area contributed by atoms with Crippen molar-refractivity contribution in [1.82, 2.24) is 0 Å². The van der Waals surface area contributed by atoms with Gasteiger partial charge in [-0.2, -0.15) is 0 Å². The zero-order chi connectivity index (χ0) is 14.2. The Kier molecular flexibility index (Phi) is 3.85. The van der Waals surface area contributed by atoms with Gasteiger partial charge in [-0.1, -0.05) is 29.8 Å². The summed E-state index contributed by atoms with van der Waals surface area (Å²) in [5.41, 5.74) is 1.05. The van der Waals surface area contributed by atoms with E-state index in [0.29, 0.717) is 4.83 Å². The fourth-order valence-electron chi connectivity index (χ4n) is 2.43. The summed E-state index contributed by atoms with van der Waals surface area (Å²) in [6, 6.07) is 4.75. The number of non-ortho nitro benzene ring substituents is 1. The van der Waals surface area contributed by atoms with E-state index >= 15 is 0 Å². The molecule has 0 N–H and O–H groups in total. The smallest absolute Gasteiger partial charge is 0.269 e. The van der Waals surface area contributed by atoms with Gasteiger partial charge in [-0.25, -0.2) is 0 Å². The molecule has 0 radical (unpaired) electrons. The van der Waals surface area contributed by atoms with Crippen molar-refractivity contribution < 1.29 is 9.66 Å². The topological polar surface area (TPSA) is 52.4 Å². The van der Waals surface area contributed by atoms with Crippen LogP contribution in [0.2, 0.25) is 0 Å². The third kappa shape index (κ3) is 2.48. The maximum atomic E-state index is 10.7. The van der Waals surface area contributed by atoms with Gasteiger partial charge in [-0.05, 0) is 31.4 Å². The highest BCUT2D eigenvalue weighted by molar-refractivity contribution is 9.09. The minimum atomic E-state index is -0.384. The van der Waals surface area contributed by atoms with Gasteiger partial charge in [0, 0.05) is 22.4 Å². The molecule has 0 saturated heterocycles. The van der Waals surface area contributed by atoms with Gasteiger partial charge in [0.2, 0.25) is 0 Å². The van der Waals surface area contributed by atoms with Crippen LogP contribution < -0.4 is 4.74 Å². The second kappa shape index (κ2) is 5.12. The lowest BCUT2D eigenvalue weighted by atomic mass is 9.65. The van der Waals surface area contributed by atoms with Crippen LogP contribution in [0.5, 0.6) is 5.75 Å². The number of ether oxygens (including phenoxy) is 1. The Morgan fingerprint density at radius 3 is 2.74 bits per heavy atom. The SMILES string of the molecule is CCC1(C)C(Br)CC1Oc1ccc([N+](=O)[O-])cc1C. The first-order valence-corrected chi connectivity index (χ1v) is 7.36. The molecule has 1 aromatic carbocycles. The van der Waals surface area contributed by atoms with E-state index in [9.17, 15) is 10.1 Å². The van der Waals surface area contributed by atoms with E-state index < -0.39 is 0 Å². The van der Waals surface area contributed by atoms with Gasteiger partial charge in [0.25, 0.3) is 5.69 Å². The maximum Gasteiger partial charge on any atom is 0.269 e. The van der Waals surface area contributed by atoms with Crippen LogP contribution in [0.3, 0.4) is 0 Å². The Labute approximate surface area is 121 Å². The number of benzene rings is 1. The van der Waals surface area contributed by atoms with E-state index in [1.54, 1.807) is 12.1 Å². The van der Waals surface area contributed by atoms with Crippen molar-refractivity contribution >= 4 is 21.6 Å². The molecule has 0 spiro atoms. The average Bonchev–Trinajstić information content (AvgIpc) is 2.38. The van der Waals surface area contributed by atoms with E-state index in [2.05, 4.69) is 29.8 Å². The predicted molar refractivity (Wildman–Crippen MR) is 78.0 cm³/mol. The Hall–Kier alpha value is -1.10. The monoisotopic (exact) mass is 327 g/mol. The minimum absolute atomic E-state index is 0.107. The number of nitrogens with zero attached hydrogens (tertiary/aromatic N) is 1. The Morgan fingerprint density at radius 1 is 1.58 bits per heavy atom. The summed E-state index contributed by atoms with van der Waals surface area (Å²) in [5, 5.41) is 10.7. The van der Waals surface area contributed by atoms with Crippen LogP contribution in [0.4, 0.5) is 5.69 Å². The zero-order valence-electron chi connectivity index (χ0n) is 11.4. The summed E-state index contributed by atoms with van der Waals surface area (Å²) in [6.07, 6.45) is 2.18. The van der Waals surface area contributed by atoms with E-state index in [1.807, 2.05) is 6.92 Å². The number of rotatable bonds is 4. The molecule has 0 amide bonds. The number of hydrogen-bond acceptors (Lipinski definition) is 3. The second-order valence-electron chi connectivity index (χ2n) is 5.38. The van der Waals surface area contributed by atoms with Crippen LogP contribution in [0.25, 0.3) is 0 Å². The van der Waals surface area contributed by atoms with Crippen LogP contribution in [0.1, 0.15) is 32.3 Å². The van der Waals surface area contributed by atoms with Gasteiger partial charge < -0.3 is 4.74 Å². The molecule has 0 heterocycles. The molecule has 1 aliphatic rings. The summed E-state index contributed by atoms with van der Waals surface area (Å²) < 4.78 is 6.04. The fraction of sp³-hybridized carbons (Fsp3) is 0.571. The highest BCUT2D eigenvalue weighted by atomic mass is 79.9. The summed E-state index contributed by atoms with van der Waals surface area (Å²) >= 11 is 3.68. The minimum Gasteiger partial charge on any atom is -0.489 e. The molecule has 1 aliphatic carbocycles. The molecule has 2 rings (SSSR count). The molecule has 104 valence electrons. The van der Waals surface area contributed by atoms with Gasteiger partial charge in [0.15, 0.2) is 0 Å². The van der Waals surface area contributed by atoms with Crippen molar-refractivity contribution in [2.45, 2.75) is 44.5 Å². The highest BCUT2D eigenvalue weighted by Crippen LogP contribution is 2.50. The van der Waals surface area contributed by atoms with Crippen molar-refractivity contribution in [1.29, 1.82) is 0 Å². The summed E-state index contributed by atoms with van der Waals surface area (Å²) in [5.74, 6) is 0.745. The molecule has 0 aliphatic heterocycles. The first-order valence-electron chi connectivity index (χ1n) is 6.44. The molecule has 0 aromatic heterocycles. The highest BCUT2D eigenvalue weighted by Gasteiger charge is 2.50. The summed E-state index contributed by atoms with van der Waals surface area (Å²) in [4.78, 5) is 10.8. The molecule has 3 unspecified atom stereocenters. The van der Waals surface area contributed by atoms with E-state index in [-0.39, 0.29) is 22.1 Å². The first-order chi connectivity index (χ1) is 8.88. The molecule has 1 aromatic rings. The van der Waals surface area contributed by atoms with Crippen molar-refractivity contribution in [2.75, 3.05) is 0 Å². The molecule has 1 saturated carbocycles. The van der Waals surface area contributed by atoms with Crippen molar-refractivity contribution in [2.24, 2.45) is 5.41 Å². The zero-order valence-corrected chi connectivity index (χ0v) is 12.9. The van der Waals surface area contributed by atoms with Crippen LogP contribution in [0, 0.1) is 22.5 Å². The lowest BCUT2D eigenvalue weighted by molar-refractivity contribution is -0.384. The van der Waals surface area contributed by atoms with Crippen molar-refractivity contribution in [3.8, 4) is 5.75 Å². The fourth-order valence-corrected chi connectivity index (χ4v) is 3.39. The van der Waals surface area contributed by atoms with E-state index in [0.717, 1.165) is 24.2 Å². The third-order valence-corrected chi connectivity index (χ3v) is 5.69. The number of alkyl halides is 1. The van der Waals surface area contributed by atoms with Crippen LogP contribution in [0.15, 0.2) is 18.2 Å². The average molecular weight is 328 g/mol. The normalized spacial score (nSPS) is 29.7. The summed E-state index contributed by atoms with van der Waals surface area (Å²) in [6.45, 7) is 6.21. The molecule has 19 heavy (non-hydrogen) atoms. The van der Waals surface area contributed by atoms with Crippen LogP contribution >= 0.6 is 15.9 Å². The lowest BCUT2D eigenvalue weighted by Gasteiger charge is -2.50. The predicted octanol–water partition coefficient (Wildman–Crippen LogP) is 4.23. The molecule has 0 bridgehead atoms. The van der Waals surface area contributed by atoms with Gasteiger partial charge in [-0.15, -0.1) is 0 Å². The van der Waals surface area contributed by atoms with E-state index in [1.165, 1.54) is 6.07 Å². The van der Waals surface area contributed by atoms with Crippen LogP contribution in [-0.2, 0) is 0 Å². The standard InChI is InChI=1S/C14H18BrNO3/c1-4-14(3)12(15)8-13(14)19-11-6-5-10(16(17)18)7-9(11)2/h5-7,12-13H,4,8H2,1-3H3. The quantitative estimate of drug-likeness (QED) is 0.472. The largest absolute Gasteiger partial charge is 0.489 e. The van der Waals surface area contributed by atoms with Gasteiger partial charge in [0.1, 0.15) is 11.9 Å². The van der Waals surface area contributed by atoms with Gasteiger partial charge in [-0.3, -0.25) is 10.1 Å². The van der Waals surface area contributed by atoms with Gasteiger partial charge >= 0.3 is 0 Å². The Bertz CT molecular complexity index is 505. The summed E-state index contributed by atoms with van der Waals surface area (Å²) in [7, 11) is 0. The molecule has 1 fully saturated rings. The lowest BCUT2D eigenvalue weighted by Crippen LogP contribution is -2.54. The van der Waals surface area contributed by atoms with Crippen LogP contribution in [-0.4, -0.2) is 15.9 Å². The number of halogens is 1. The number of nitro groups is 1. The maximum absolute atomic E-state index is 10.7. The molecular weight excluding hydrogens is 310 g/mol. The Balaban J connectivity index is 2.15. The molecular formula is C14H18BrNO3. The Morgan fingerprint density at radius 2 is 2.26 bits per heavy atom. The molecule has 3 atom stereocenters. The number of aryl methyl sites for hydroxylation is 1. The van der Waals surface area contributed by atoms with E-state index in [4.69, 9.17) is 4.74 Å². The number of hydrogen-bond donors (Lipinski definition) is 0. The van der Waals surface area contributed by atoms with Crippen molar-refractivity contribution in [3.63, 3.8) is 0 Å². The third-order valence-electron chi connectivity index (χ3n) is 4.27.